The van der Waals surface area contributed by atoms with Crippen molar-refractivity contribution in [2.24, 2.45) is 0 Å². The maximum atomic E-state index is 3.23. The predicted octanol–water partition coefficient (Wildman–Crippen LogP) is 1.70. The van der Waals surface area contributed by atoms with Gasteiger partial charge >= 0.3 is 139 Å². The van der Waals surface area contributed by atoms with Crippen LogP contribution >= 0.6 is 0 Å². The van der Waals surface area contributed by atoms with Gasteiger partial charge in [-0.2, -0.15) is 0 Å². The quantitative estimate of drug-likeness (QED) is 0.459. The van der Waals surface area contributed by atoms with Crippen LogP contribution in [0.1, 0.15) is 25.0 Å². The van der Waals surface area contributed by atoms with Crippen LogP contribution in [0.3, 0.4) is 0 Å². The average Bonchev–Trinajstić information content (AvgIpc) is 2.48. The first-order valence-corrected chi connectivity index (χ1v) is 15.9. The zero-order chi connectivity index (χ0) is 14.2. The Hall–Kier alpha value is -0.861. The summed E-state index contributed by atoms with van der Waals surface area (Å²) in [5.41, 5.74) is 2.45. The van der Waals surface area contributed by atoms with Crippen molar-refractivity contribution in [2.75, 3.05) is 0 Å². The zero-order valence-electron chi connectivity index (χ0n) is 11.4. The summed E-state index contributed by atoms with van der Waals surface area (Å²) in [7, 11) is 0. The monoisotopic (exact) mass is 490 g/mol. The molecular weight excluding hydrogens is 471 g/mol. The first kappa shape index (κ1) is 15.5. The normalized spacial score (nSPS) is 9.10. The Morgan fingerprint density at radius 2 is 1.05 bits per heavy atom. The molecule has 2 aromatic carbocycles. The molecule has 98 valence electrons. The fraction of sp³-hybridized carbons (Fsp3) is 0.111. The first-order chi connectivity index (χ1) is 9.85. The Kier molecular flexibility index (Phi) is 6.55. The second-order valence-corrected chi connectivity index (χ2v) is 13.8. The molecule has 2 heteroatoms. The van der Waals surface area contributed by atoms with Gasteiger partial charge < -0.3 is 0 Å². The van der Waals surface area contributed by atoms with Crippen molar-refractivity contribution in [2.45, 2.75) is 13.8 Å². The number of hydrogen-bond donors (Lipinski definition) is 0. The second kappa shape index (κ2) is 8.43. The Balaban J connectivity index is 2.20. The van der Waals surface area contributed by atoms with Crippen molar-refractivity contribution < 1.29 is 0 Å². The van der Waals surface area contributed by atoms with Crippen molar-refractivity contribution in [3.63, 3.8) is 0 Å². The molecule has 0 unspecified atom stereocenters. The summed E-state index contributed by atoms with van der Waals surface area (Å²) in [5.74, 6) is 12.5. The van der Waals surface area contributed by atoms with Gasteiger partial charge in [0.25, 0.3) is 0 Å². The van der Waals surface area contributed by atoms with Crippen LogP contribution in [0.15, 0.2) is 48.5 Å². The van der Waals surface area contributed by atoms with Gasteiger partial charge in [0.1, 0.15) is 0 Å². The van der Waals surface area contributed by atoms with E-state index in [1.807, 2.05) is 13.8 Å². The van der Waals surface area contributed by atoms with E-state index in [2.05, 4.69) is 72.2 Å². The molecule has 0 radical (unpaired) electrons. The molecule has 0 fully saturated rings. The zero-order valence-corrected chi connectivity index (χ0v) is 16.1. The molecule has 20 heavy (non-hydrogen) atoms. The van der Waals surface area contributed by atoms with E-state index in [9.17, 15) is 0 Å². The van der Waals surface area contributed by atoms with E-state index in [4.69, 9.17) is 0 Å². The van der Waals surface area contributed by atoms with Crippen LogP contribution in [0.2, 0.25) is 0 Å². The summed E-state index contributed by atoms with van der Waals surface area (Å²) in [4.78, 5) is 0. The van der Waals surface area contributed by atoms with Gasteiger partial charge in [0.05, 0.1) is 0 Å². The summed E-state index contributed by atoms with van der Waals surface area (Å²) in [6.45, 7) is 3.81. The first-order valence-electron chi connectivity index (χ1n) is 6.23. The van der Waals surface area contributed by atoms with Crippen molar-refractivity contribution in [3.8, 4) is 23.7 Å². The third-order valence-corrected chi connectivity index (χ3v) is 14.3. The van der Waals surface area contributed by atoms with E-state index in [1.165, 1.54) is 18.3 Å². The van der Waals surface area contributed by atoms with Gasteiger partial charge in [-0.15, -0.1) is 0 Å². The molecule has 2 aromatic rings. The van der Waals surface area contributed by atoms with Crippen molar-refractivity contribution in [1.29, 1.82) is 0 Å². The molecule has 0 N–H and O–H groups in total. The number of benzene rings is 2. The maximum absolute atomic E-state index is 3.23. The van der Waals surface area contributed by atoms with Gasteiger partial charge in [-0.3, -0.25) is 0 Å². The minimum absolute atomic E-state index is 0.150. The van der Waals surface area contributed by atoms with Crippen LogP contribution in [0.25, 0.3) is 0 Å². The van der Waals surface area contributed by atoms with Crippen LogP contribution in [-0.4, -0.2) is 34.1 Å². The van der Waals surface area contributed by atoms with Crippen LogP contribution < -0.4 is 7.22 Å². The summed E-state index contributed by atoms with van der Waals surface area (Å²) in [6, 6.07) is 17.2. The van der Waals surface area contributed by atoms with Crippen LogP contribution in [-0.2, 0) is 0 Å². The van der Waals surface area contributed by atoms with E-state index >= 15 is 0 Å². The van der Waals surface area contributed by atoms with Crippen LogP contribution in [0, 0.1) is 23.7 Å². The molecule has 0 nitrogen and oxygen atoms in total. The minimum atomic E-state index is -0.150. The van der Waals surface area contributed by atoms with E-state index < -0.39 is 0 Å². The molecule has 0 heterocycles. The molecule has 0 amide bonds. The van der Waals surface area contributed by atoms with Crippen molar-refractivity contribution in [3.05, 3.63) is 59.7 Å². The van der Waals surface area contributed by atoms with Gasteiger partial charge in [-0.25, -0.2) is 0 Å². The molecule has 0 atom stereocenters. The average molecular weight is 486 g/mol. The summed E-state index contributed by atoms with van der Waals surface area (Å²) in [5, 5.41) is 0. The van der Waals surface area contributed by atoms with Gasteiger partial charge in [-0.1, -0.05) is 0 Å². The summed E-state index contributed by atoms with van der Waals surface area (Å²) >= 11 is -0.301. The SMILES string of the molecule is CC#Cc1ccccc1[Te][Te]c1ccccc1C#CC. The van der Waals surface area contributed by atoms with E-state index in [1.54, 1.807) is 0 Å². The van der Waals surface area contributed by atoms with Crippen molar-refractivity contribution >= 4 is 41.3 Å². The molecule has 0 saturated carbocycles. The molecule has 0 bridgehead atoms. The van der Waals surface area contributed by atoms with Gasteiger partial charge in [-0.05, 0) is 0 Å². The Morgan fingerprint density at radius 1 is 0.650 bits per heavy atom. The van der Waals surface area contributed by atoms with Gasteiger partial charge in [0.15, 0.2) is 0 Å². The second-order valence-electron chi connectivity index (χ2n) is 3.91. The molecule has 0 aromatic heterocycles. The van der Waals surface area contributed by atoms with E-state index in [-0.39, 0.29) is 34.1 Å². The van der Waals surface area contributed by atoms with Crippen LogP contribution in [0.5, 0.6) is 0 Å². The summed E-state index contributed by atoms with van der Waals surface area (Å²) in [6.07, 6.45) is 0. The molecule has 0 aliphatic rings. The molecule has 0 aliphatic carbocycles. The Morgan fingerprint density at radius 3 is 1.45 bits per heavy atom. The molecule has 0 aliphatic heterocycles. The number of hydrogen-bond acceptors (Lipinski definition) is 0. The predicted molar refractivity (Wildman–Crippen MR) is 88.8 cm³/mol. The van der Waals surface area contributed by atoms with E-state index in [0.29, 0.717) is 0 Å². The molecule has 0 spiro atoms. The van der Waals surface area contributed by atoms with Crippen LogP contribution in [0.4, 0.5) is 0 Å². The third-order valence-electron chi connectivity index (χ3n) is 2.51. The Bertz CT molecular complexity index is 646. The molecular formula is C18H14Te2. The van der Waals surface area contributed by atoms with Crippen molar-refractivity contribution in [1.82, 2.24) is 0 Å². The van der Waals surface area contributed by atoms with E-state index in [0.717, 1.165) is 0 Å². The number of rotatable bonds is 3. The third kappa shape index (κ3) is 4.32. The fourth-order valence-corrected chi connectivity index (χ4v) is 13.1. The Labute approximate surface area is 137 Å². The fourth-order valence-electron chi connectivity index (χ4n) is 1.64. The summed E-state index contributed by atoms with van der Waals surface area (Å²) < 4.78 is 2.99. The standard InChI is InChI=1S/C18H14Te2/c1-3-9-15-11-5-7-13-17(15)19-20-18-14-8-6-12-16(18)10-4-2/h5-8,11-14H,1-2H3. The topological polar surface area (TPSA) is 0 Å². The molecule has 2 rings (SSSR count). The van der Waals surface area contributed by atoms with Gasteiger partial charge in [0, 0.05) is 0 Å². The van der Waals surface area contributed by atoms with Gasteiger partial charge in [0.2, 0.25) is 0 Å². The molecule has 0 saturated heterocycles.